The summed E-state index contributed by atoms with van der Waals surface area (Å²) in [7, 11) is 0. The molecule has 1 aromatic heterocycles. The molecule has 72 valence electrons. The SMILES string of the molecule is Cc1ccc(CNC(=O)CCO)o1. The van der Waals surface area contributed by atoms with E-state index in [2.05, 4.69) is 5.32 Å². The second-order valence-electron chi connectivity index (χ2n) is 2.76. The molecular formula is C9H13NO3. The monoisotopic (exact) mass is 183 g/mol. The first-order valence-corrected chi connectivity index (χ1v) is 4.15. The van der Waals surface area contributed by atoms with E-state index in [9.17, 15) is 4.79 Å². The van der Waals surface area contributed by atoms with Crippen LogP contribution in [0.2, 0.25) is 0 Å². The average Bonchev–Trinajstić information content (AvgIpc) is 2.49. The summed E-state index contributed by atoms with van der Waals surface area (Å²) in [5.41, 5.74) is 0. The van der Waals surface area contributed by atoms with Gasteiger partial charge < -0.3 is 14.8 Å². The van der Waals surface area contributed by atoms with Crippen LogP contribution in [0.3, 0.4) is 0 Å². The Labute approximate surface area is 76.6 Å². The van der Waals surface area contributed by atoms with Gasteiger partial charge in [0.25, 0.3) is 0 Å². The number of hydrogen-bond acceptors (Lipinski definition) is 3. The zero-order valence-electron chi connectivity index (χ0n) is 7.54. The molecule has 1 aromatic rings. The number of aliphatic hydroxyl groups is 1. The lowest BCUT2D eigenvalue weighted by atomic mass is 10.4. The van der Waals surface area contributed by atoms with Gasteiger partial charge in [0.1, 0.15) is 11.5 Å². The fourth-order valence-corrected chi connectivity index (χ4v) is 0.956. The van der Waals surface area contributed by atoms with E-state index in [1.165, 1.54) is 0 Å². The van der Waals surface area contributed by atoms with Gasteiger partial charge >= 0.3 is 0 Å². The van der Waals surface area contributed by atoms with Gasteiger partial charge in [-0.05, 0) is 19.1 Å². The van der Waals surface area contributed by atoms with Gasteiger partial charge in [0.2, 0.25) is 5.91 Å². The molecule has 0 aromatic carbocycles. The molecule has 0 saturated carbocycles. The van der Waals surface area contributed by atoms with Crippen LogP contribution in [0.25, 0.3) is 0 Å². The smallest absolute Gasteiger partial charge is 0.222 e. The van der Waals surface area contributed by atoms with Gasteiger partial charge in [0, 0.05) is 6.42 Å². The third kappa shape index (κ3) is 3.29. The van der Waals surface area contributed by atoms with E-state index in [4.69, 9.17) is 9.52 Å². The maximum absolute atomic E-state index is 10.9. The molecule has 0 aliphatic heterocycles. The Hall–Kier alpha value is -1.29. The van der Waals surface area contributed by atoms with Gasteiger partial charge in [-0.3, -0.25) is 4.79 Å². The van der Waals surface area contributed by atoms with Crippen LogP contribution in [0.4, 0.5) is 0 Å². The molecule has 4 heteroatoms. The Kier molecular flexibility index (Phi) is 3.52. The van der Waals surface area contributed by atoms with Crippen LogP contribution in [0, 0.1) is 6.92 Å². The summed E-state index contributed by atoms with van der Waals surface area (Å²) < 4.78 is 5.23. The molecule has 2 N–H and O–H groups in total. The molecule has 0 atom stereocenters. The maximum atomic E-state index is 10.9. The fourth-order valence-electron chi connectivity index (χ4n) is 0.956. The first-order chi connectivity index (χ1) is 6.22. The van der Waals surface area contributed by atoms with E-state index >= 15 is 0 Å². The largest absolute Gasteiger partial charge is 0.465 e. The molecule has 0 fully saturated rings. The minimum Gasteiger partial charge on any atom is -0.465 e. The molecule has 0 radical (unpaired) electrons. The van der Waals surface area contributed by atoms with Crippen LogP contribution in [-0.4, -0.2) is 17.6 Å². The Bertz CT molecular complexity index is 280. The molecule has 0 saturated heterocycles. The zero-order valence-corrected chi connectivity index (χ0v) is 7.54. The molecule has 0 spiro atoms. The molecule has 0 unspecified atom stereocenters. The number of amides is 1. The van der Waals surface area contributed by atoms with Crippen LogP contribution in [0.5, 0.6) is 0 Å². The van der Waals surface area contributed by atoms with Crippen LogP contribution in [0.15, 0.2) is 16.5 Å². The molecule has 1 heterocycles. The van der Waals surface area contributed by atoms with Crippen molar-refractivity contribution in [3.63, 3.8) is 0 Å². The highest BCUT2D eigenvalue weighted by Crippen LogP contribution is 2.05. The van der Waals surface area contributed by atoms with Crippen molar-refractivity contribution in [1.29, 1.82) is 0 Å². The first kappa shape index (κ1) is 9.80. The predicted molar refractivity (Wildman–Crippen MR) is 47.0 cm³/mol. The van der Waals surface area contributed by atoms with Crippen LogP contribution >= 0.6 is 0 Å². The van der Waals surface area contributed by atoms with Gasteiger partial charge in [0.05, 0.1) is 13.2 Å². The average molecular weight is 183 g/mol. The zero-order chi connectivity index (χ0) is 9.68. The minimum absolute atomic E-state index is 0.122. The van der Waals surface area contributed by atoms with Gasteiger partial charge in [0.15, 0.2) is 0 Å². The van der Waals surface area contributed by atoms with Crippen molar-refractivity contribution in [2.75, 3.05) is 6.61 Å². The summed E-state index contributed by atoms with van der Waals surface area (Å²) in [5.74, 6) is 1.38. The van der Waals surface area contributed by atoms with E-state index in [0.717, 1.165) is 11.5 Å². The van der Waals surface area contributed by atoms with Crippen molar-refractivity contribution in [2.24, 2.45) is 0 Å². The Morgan fingerprint density at radius 3 is 2.92 bits per heavy atom. The lowest BCUT2D eigenvalue weighted by Crippen LogP contribution is -2.23. The quantitative estimate of drug-likeness (QED) is 0.718. The highest BCUT2D eigenvalue weighted by molar-refractivity contribution is 5.75. The molecule has 4 nitrogen and oxygen atoms in total. The summed E-state index contributed by atoms with van der Waals surface area (Å²) in [5, 5.41) is 11.1. The molecule has 0 bridgehead atoms. The number of hydrogen-bond donors (Lipinski definition) is 2. The van der Waals surface area contributed by atoms with Gasteiger partial charge in [-0.15, -0.1) is 0 Å². The van der Waals surface area contributed by atoms with Crippen molar-refractivity contribution in [3.8, 4) is 0 Å². The summed E-state index contributed by atoms with van der Waals surface area (Å²) >= 11 is 0. The summed E-state index contributed by atoms with van der Waals surface area (Å²) in [6, 6.07) is 3.65. The highest BCUT2D eigenvalue weighted by atomic mass is 16.3. The Morgan fingerprint density at radius 1 is 1.62 bits per heavy atom. The normalized spacial score (nSPS) is 10.0. The third-order valence-electron chi connectivity index (χ3n) is 1.59. The van der Waals surface area contributed by atoms with Gasteiger partial charge in [-0.25, -0.2) is 0 Å². The van der Waals surface area contributed by atoms with E-state index in [-0.39, 0.29) is 18.9 Å². The van der Waals surface area contributed by atoms with E-state index < -0.39 is 0 Å². The number of rotatable bonds is 4. The third-order valence-corrected chi connectivity index (χ3v) is 1.59. The van der Waals surface area contributed by atoms with Crippen molar-refractivity contribution in [2.45, 2.75) is 19.9 Å². The molecule has 0 aliphatic rings. The lowest BCUT2D eigenvalue weighted by Gasteiger charge is -2.00. The summed E-state index contributed by atoms with van der Waals surface area (Å²) in [6.45, 7) is 2.11. The second-order valence-corrected chi connectivity index (χ2v) is 2.76. The Morgan fingerprint density at radius 2 is 2.38 bits per heavy atom. The first-order valence-electron chi connectivity index (χ1n) is 4.15. The van der Waals surface area contributed by atoms with E-state index in [1.54, 1.807) is 0 Å². The summed E-state index contributed by atoms with van der Waals surface area (Å²) in [4.78, 5) is 10.9. The molecule has 1 amide bonds. The standard InChI is InChI=1S/C9H13NO3/c1-7-2-3-8(13-7)6-10-9(12)4-5-11/h2-3,11H,4-6H2,1H3,(H,10,12). The van der Waals surface area contributed by atoms with Crippen molar-refractivity contribution in [3.05, 3.63) is 23.7 Å². The Balaban J connectivity index is 2.30. The molecule has 13 heavy (non-hydrogen) atoms. The minimum atomic E-state index is -0.170. The maximum Gasteiger partial charge on any atom is 0.222 e. The highest BCUT2D eigenvalue weighted by Gasteiger charge is 2.01. The summed E-state index contributed by atoms with van der Waals surface area (Å²) in [6.07, 6.45) is 0.139. The van der Waals surface area contributed by atoms with Crippen LogP contribution < -0.4 is 5.32 Å². The van der Waals surface area contributed by atoms with Gasteiger partial charge in [-0.1, -0.05) is 0 Å². The van der Waals surface area contributed by atoms with Crippen LogP contribution in [-0.2, 0) is 11.3 Å². The topological polar surface area (TPSA) is 62.5 Å². The molecular weight excluding hydrogens is 170 g/mol. The van der Waals surface area contributed by atoms with Crippen molar-refractivity contribution >= 4 is 5.91 Å². The lowest BCUT2D eigenvalue weighted by molar-refractivity contribution is -0.121. The second kappa shape index (κ2) is 4.67. The molecule has 1 rings (SSSR count). The fraction of sp³-hybridized carbons (Fsp3) is 0.444. The van der Waals surface area contributed by atoms with E-state index in [0.29, 0.717) is 6.54 Å². The molecule has 0 aliphatic carbocycles. The number of aliphatic hydroxyl groups excluding tert-OH is 1. The van der Waals surface area contributed by atoms with Crippen LogP contribution in [0.1, 0.15) is 17.9 Å². The number of furan rings is 1. The number of carbonyl (C=O) groups is 1. The number of aryl methyl sites for hydroxylation is 1. The van der Waals surface area contributed by atoms with Crippen molar-refractivity contribution in [1.82, 2.24) is 5.32 Å². The number of nitrogens with one attached hydrogen (secondary N) is 1. The number of carbonyl (C=O) groups excluding carboxylic acids is 1. The van der Waals surface area contributed by atoms with Gasteiger partial charge in [-0.2, -0.15) is 0 Å². The van der Waals surface area contributed by atoms with Crippen molar-refractivity contribution < 1.29 is 14.3 Å². The predicted octanol–water partition coefficient (Wildman–Crippen LogP) is 0.587. The van der Waals surface area contributed by atoms with E-state index in [1.807, 2.05) is 19.1 Å².